The van der Waals surface area contributed by atoms with Crippen LogP contribution in [0.2, 0.25) is 0 Å². The van der Waals surface area contributed by atoms with Gasteiger partial charge in [-0.2, -0.15) is 0 Å². The molecule has 4 heteroatoms. The molecule has 0 aliphatic carbocycles. The minimum absolute atomic E-state index is 0.0378. The number of aliphatic hydroxyl groups excluding tert-OH is 1. The zero-order chi connectivity index (χ0) is 11.4. The Labute approximate surface area is 93.6 Å². The molecule has 1 aromatic carbocycles. The lowest BCUT2D eigenvalue weighted by atomic mass is 10.1. The molecule has 1 aromatic heterocycles. The van der Waals surface area contributed by atoms with E-state index in [0.29, 0.717) is 5.75 Å². The van der Waals surface area contributed by atoms with Crippen molar-refractivity contribution in [2.75, 3.05) is 7.11 Å². The van der Waals surface area contributed by atoms with Gasteiger partial charge in [0.05, 0.1) is 25.6 Å². The molecule has 2 aromatic rings. The lowest BCUT2D eigenvalue weighted by molar-refractivity contribution is 0.274. The predicted molar refractivity (Wildman–Crippen MR) is 59.9 cm³/mol. The highest BCUT2D eigenvalue weighted by atomic mass is 16.5. The zero-order valence-corrected chi connectivity index (χ0v) is 8.92. The smallest absolute Gasteiger partial charge is 0.125 e. The summed E-state index contributed by atoms with van der Waals surface area (Å²) in [5.41, 5.74) is 2.46. The van der Waals surface area contributed by atoms with E-state index < -0.39 is 0 Å². The predicted octanol–water partition coefficient (Wildman–Crippen LogP) is 1.64. The quantitative estimate of drug-likeness (QED) is 0.847. The number of benzene rings is 1. The maximum atomic E-state index is 9.10. The van der Waals surface area contributed by atoms with Crippen LogP contribution in [0.4, 0.5) is 0 Å². The highest BCUT2D eigenvalue weighted by Crippen LogP contribution is 2.25. The van der Waals surface area contributed by atoms with Gasteiger partial charge in [0, 0.05) is 23.5 Å². The van der Waals surface area contributed by atoms with Gasteiger partial charge in [-0.25, -0.2) is 0 Å². The van der Waals surface area contributed by atoms with E-state index in [0.717, 1.165) is 16.8 Å². The Morgan fingerprint density at radius 1 is 1.31 bits per heavy atom. The van der Waals surface area contributed by atoms with Gasteiger partial charge in [-0.05, 0) is 6.07 Å². The van der Waals surface area contributed by atoms with Gasteiger partial charge in [0.2, 0.25) is 0 Å². The monoisotopic (exact) mass is 216 g/mol. The van der Waals surface area contributed by atoms with Crippen molar-refractivity contribution >= 4 is 0 Å². The molecule has 0 bridgehead atoms. The summed E-state index contributed by atoms with van der Waals surface area (Å²) in [5, 5.41) is 9.10. The van der Waals surface area contributed by atoms with Crippen LogP contribution in [0.5, 0.6) is 5.75 Å². The van der Waals surface area contributed by atoms with E-state index in [1.807, 2.05) is 18.2 Å². The lowest BCUT2D eigenvalue weighted by Gasteiger charge is -2.08. The van der Waals surface area contributed by atoms with Gasteiger partial charge in [0.15, 0.2) is 0 Å². The van der Waals surface area contributed by atoms with Crippen molar-refractivity contribution in [1.29, 1.82) is 0 Å². The first kappa shape index (κ1) is 10.6. The molecule has 0 saturated carbocycles. The van der Waals surface area contributed by atoms with Gasteiger partial charge >= 0.3 is 0 Å². The van der Waals surface area contributed by atoms with Crippen molar-refractivity contribution in [2.24, 2.45) is 0 Å². The highest BCUT2D eigenvalue weighted by molar-refractivity contribution is 5.61. The maximum absolute atomic E-state index is 9.10. The summed E-state index contributed by atoms with van der Waals surface area (Å²) in [5.74, 6) is 0.658. The van der Waals surface area contributed by atoms with Crippen LogP contribution in [0.25, 0.3) is 11.3 Å². The number of aliphatic hydroxyl groups is 1. The van der Waals surface area contributed by atoms with E-state index >= 15 is 0 Å². The molecule has 2 rings (SSSR count). The molecular formula is C12H12N2O2. The largest absolute Gasteiger partial charge is 0.496 e. The normalized spacial score (nSPS) is 10.1. The van der Waals surface area contributed by atoms with Gasteiger partial charge in [0.25, 0.3) is 0 Å². The third kappa shape index (κ3) is 2.01. The molecule has 16 heavy (non-hydrogen) atoms. The average Bonchev–Trinajstić information content (AvgIpc) is 2.39. The van der Waals surface area contributed by atoms with Crippen LogP contribution in [-0.4, -0.2) is 22.2 Å². The molecule has 0 fully saturated rings. The van der Waals surface area contributed by atoms with E-state index in [2.05, 4.69) is 9.97 Å². The molecule has 0 atom stereocenters. The van der Waals surface area contributed by atoms with Crippen molar-refractivity contribution in [1.82, 2.24) is 9.97 Å². The van der Waals surface area contributed by atoms with Gasteiger partial charge < -0.3 is 9.84 Å². The second kappa shape index (κ2) is 4.72. The fraction of sp³-hybridized carbons (Fsp3) is 0.167. The summed E-state index contributed by atoms with van der Waals surface area (Å²) >= 11 is 0. The minimum Gasteiger partial charge on any atom is -0.496 e. The molecule has 0 spiro atoms. The van der Waals surface area contributed by atoms with Crippen LogP contribution in [0.15, 0.2) is 36.8 Å². The van der Waals surface area contributed by atoms with Crippen molar-refractivity contribution in [3.63, 3.8) is 0 Å². The third-order valence-electron chi connectivity index (χ3n) is 2.32. The Balaban J connectivity index is 2.44. The van der Waals surface area contributed by atoms with Gasteiger partial charge in [-0.1, -0.05) is 12.1 Å². The van der Waals surface area contributed by atoms with Crippen LogP contribution in [-0.2, 0) is 6.61 Å². The lowest BCUT2D eigenvalue weighted by Crippen LogP contribution is -1.93. The summed E-state index contributed by atoms with van der Waals surface area (Å²) < 4.78 is 5.19. The summed E-state index contributed by atoms with van der Waals surface area (Å²) in [4.78, 5) is 8.21. The average molecular weight is 216 g/mol. The summed E-state index contributed by atoms with van der Waals surface area (Å²) in [6, 6.07) is 5.55. The van der Waals surface area contributed by atoms with E-state index in [-0.39, 0.29) is 6.61 Å². The molecule has 4 nitrogen and oxygen atoms in total. The van der Waals surface area contributed by atoms with Gasteiger partial charge in [-0.3, -0.25) is 9.97 Å². The maximum Gasteiger partial charge on any atom is 0.125 e. The third-order valence-corrected chi connectivity index (χ3v) is 2.32. The van der Waals surface area contributed by atoms with Crippen molar-refractivity contribution in [2.45, 2.75) is 6.61 Å². The number of ether oxygens (including phenoxy) is 1. The number of rotatable bonds is 3. The summed E-state index contributed by atoms with van der Waals surface area (Å²) in [6.45, 7) is -0.0378. The number of hydrogen-bond donors (Lipinski definition) is 1. The fourth-order valence-corrected chi connectivity index (χ4v) is 1.48. The number of nitrogens with zero attached hydrogens (tertiary/aromatic N) is 2. The van der Waals surface area contributed by atoms with E-state index in [9.17, 15) is 0 Å². The molecule has 1 N–H and O–H groups in total. The van der Waals surface area contributed by atoms with Crippen LogP contribution in [0.3, 0.4) is 0 Å². The molecule has 82 valence electrons. The Bertz CT molecular complexity index is 472. The van der Waals surface area contributed by atoms with Gasteiger partial charge in [-0.15, -0.1) is 0 Å². The Morgan fingerprint density at radius 3 is 2.81 bits per heavy atom. The molecule has 0 aliphatic rings. The Kier molecular flexibility index (Phi) is 3.12. The second-order valence-electron chi connectivity index (χ2n) is 3.28. The molecule has 0 amide bonds. The van der Waals surface area contributed by atoms with E-state index in [4.69, 9.17) is 9.84 Å². The molecular weight excluding hydrogens is 204 g/mol. The molecule has 1 heterocycles. The van der Waals surface area contributed by atoms with Crippen LogP contribution in [0, 0.1) is 0 Å². The first-order valence-electron chi connectivity index (χ1n) is 4.89. The molecule has 0 unspecified atom stereocenters. The van der Waals surface area contributed by atoms with Crippen molar-refractivity contribution in [3.8, 4) is 17.0 Å². The van der Waals surface area contributed by atoms with Crippen LogP contribution < -0.4 is 4.74 Å². The minimum atomic E-state index is -0.0378. The first-order valence-corrected chi connectivity index (χ1v) is 4.89. The van der Waals surface area contributed by atoms with E-state index in [1.165, 1.54) is 0 Å². The SMILES string of the molecule is COc1cc(-c2cnccn2)ccc1CO. The van der Waals surface area contributed by atoms with Crippen LogP contribution in [0.1, 0.15) is 5.56 Å². The van der Waals surface area contributed by atoms with Crippen LogP contribution >= 0.6 is 0 Å². The summed E-state index contributed by atoms with van der Waals surface area (Å²) in [7, 11) is 1.58. The highest BCUT2D eigenvalue weighted by Gasteiger charge is 2.05. The second-order valence-corrected chi connectivity index (χ2v) is 3.28. The standard InChI is InChI=1S/C12H12N2O2/c1-16-12-6-9(2-3-10(12)8-15)11-7-13-4-5-14-11/h2-7,15H,8H2,1H3. The van der Waals surface area contributed by atoms with Crippen molar-refractivity contribution in [3.05, 3.63) is 42.4 Å². The Hall–Kier alpha value is -1.94. The number of aromatic nitrogens is 2. The zero-order valence-electron chi connectivity index (χ0n) is 8.92. The van der Waals surface area contributed by atoms with Gasteiger partial charge in [0.1, 0.15) is 5.75 Å². The Morgan fingerprint density at radius 2 is 2.19 bits per heavy atom. The number of hydrogen-bond acceptors (Lipinski definition) is 4. The van der Waals surface area contributed by atoms with Crippen molar-refractivity contribution < 1.29 is 9.84 Å². The summed E-state index contributed by atoms with van der Waals surface area (Å²) in [6.07, 6.45) is 4.96. The topological polar surface area (TPSA) is 55.2 Å². The van der Waals surface area contributed by atoms with E-state index in [1.54, 1.807) is 25.7 Å². The fourth-order valence-electron chi connectivity index (χ4n) is 1.48. The molecule has 0 aliphatic heterocycles. The molecule has 0 radical (unpaired) electrons. The number of methoxy groups -OCH3 is 1. The first-order chi connectivity index (χ1) is 7.85. The molecule has 0 saturated heterocycles.